The van der Waals surface area contributed by atoms with E-state index in [-0.39, 0.29) is 5.56 Å². The van der Waals surface area contributed by atoms with Crippen LogP contribution in [0.3, 0.4) is 0 Å². The molecule has 3 rings (SSSR count). The number of hydrogen-bond donors (Lipinski definition) is 0. The minimum atomic E-state index is -0.139. The molecule has 0 fully saturated rings. The third-order valence-electron chi connectivity index (χ3n) is 3.77. The molecule has 0 amide bonds. The van der Waals surface area contributed by atoms with Crippen LogP contribution in [0.2, 0.25) is 0 Å². The van der Waals surface area contributed by atoms with Gasteiger partial charge in [-0.25, -0.2) is 0 Å². The van der Waals surface area contributed by atoms with Gasteiger partial charge in [-0.15, -0.1) is 0 Å². The van der Waals surface area contributed by atoms with Gasteiger partial charge >= 0.3 is 0 Å². The summed E-state index contributed by atoms with van der Waals surface area (Å²) in [6.07, 6.45) is 1.02. The van der Waals surface area contributed by atoms with Gasteiger partial charge in [0.1, 0.15) is 0 Å². The highest BCUT2D eigenvalue weighted by Crippen LogP contribution is 2.25. The monoisotopic (exact) mass is 324 g/mol. The van der Waals surface area contributed by atoms with Crippen LogP contribution in [-0.4, -0.2) is 11.5 Å². The molecule has 0 aliphatic carbocycles. The fourth-order valence-electron chi connectivity index (χ4n) is 2.56. The van der Waals surface area contributed by atoms with Crippen LogP contribution in [0.1, 0.15) is 24.5 Å². The molecule has 23 heavy (non-hydrogen) atoms. The lowest BCUT2D eigenvalue weighted by molar-refractivity contribution is 0.761. The van der Waals surface area contributed by atoms with Crippen LogP contribution >= 0.6 is 11.3 Å². The van der Waals surface area contributed by atoms with Crippen molar-refractivity contribution in [3.8, 4) is 0 Å². The summed E-state index contributed by atoms with van der Waals surface area (Å²) < 4.78 is 0.993. The van der Waals surface area contributed by atoms with E-state index in [1.165, 1.54) is 11.1 Å². The molecule has 3 nitrogen and oxygen atoms in total. The van der Waals surface area contributed by atoms with Gasteiger partial charge in [0, 0.05) is 17.8 Å². The molecule has 2 aromatic carbocycles. The van der Waals surface area contributed by atoms with Crippen LogP contribution in [0.15, 0.2) is 53.3 Å². The van der Waals surface area contributed by atoms with Gasteiger partial charge in [-0.05, 0) is 31.0 Å². The molecule has 0 atom stereocenters. The number of hydrogen-bond acceptors (Lipinski definition) is 4. The van der Waals surface area contributed by atoms with Gasteiger partial charge in [0.25, 0.3) is 5.56 Å². The Morgan fingerprint density at radius 3 is 2.57 bits per heavy atom. The molecule has 3 aromatic rings. The molecule has 1 aromatic heterocycles. The fourth-order valence-corrected chi connectivity index (χ4v) is 3.58. The van der Waals surface area contributed by atoms with Gasteiger partial charge in [-0.2, -0.15) is 4.98 Å². The first-order chi connectivity index (χ1) is 11.2. The Balaban J connectivity index is 1.97. The largest absolute Gasteiger partial charge is 0.344 e. The number of anilines is 1. The molecular weight excluding hydrogens is 304 g/mol. The number of nitrogens with zero attached hydrogens (tertiary/aromatic N) is 2. The highest BCUT2D eigenvalue weighted by Gasteiger charge is 2.12. The zero-order valence-corrected chi connectivity index (χ0v) is 14.3. The first kappa shape index (κ1) is 15.7. The highest BCUT2D eigenvalue weighted by molar-refractivity contribution is 7.21. The Hall–Kier alpha value is -2.20. The average Bonchev–Trinajstić information content (AvgIpc) is 2.56. The molecule has 0 unspecified atom stereocenters. The minimum absolute atomic E-state index is 0.139. The summed E-state index contributed by atoms with van der Waals surface area (Å²) in [5.74, 6) is 0. The van der Waals surface area contributed by atoms with Crippen molar-refractivity contribution in [1.29, 1.82) is 0 Å². The topological polar surface area (TPSA) is 33.2 Å². The summed E-state index contributed by atoms with van der Waals surface area (Å²) in [5, 5.41) is 1.50. The lowest BCUT2D eigenvalue weighted by Gasteiger charge is -2.22. The lowest BCUT2D eigenvalue weighted by atomic mass is 10.1. The molecular formula is C19H20N2OS. The van der Waals surface area contributed by atoms with E-state index < -0.39 is 0 Å². The zero-order chi connectivity index (χ0) is 16.2. The predicted octanol–water partition coefficient (Wildman–Crippen LogP) is 4.38. The number of aromatic nitrogens is 1. The van der Waals surface area contributed by atoms with E-state index in [2.05, 4.69) is 48.0 Å². The molecule has 4 heteroatoms. The van der Waals surface area contributed by atoms with Crippen LogP contribution in [0.25, 0.3) is 10.1 Å². The van der Waals surface area contributed by atoms with Gasteiger partial charge < -0.3 is 4.90 Å². The molecule has 0 saturated carbocycles. The fraction of sp³-hybridized carbons (Fsp3) is 0.263. The normalized spacial score (nSPS) is 10.9. The number of aryl methyl sites for hydroxylation is 1. The smallest absolute Gasteiger partial charge is 0.281 e. The number of benzene rings is 2. The second-order valence-corrected chi connectivity index (χ2v) is 6.71. The van der Waals surface area contributed by atoms with E-state index in [4.69, 9.17) is 0 Å². The van der Waals surface area contributed by atoms with Crippen molar-refractivity contribution in [2.24, 2.45) is 0 Å². The van der Waals surface area contributed by atoms with Crippen molar-refractivity contribution < 1.29 is 0 Å². The van der Waals surface area contributed by atoms with Gasteiger partial charge in [-0.3, -0.25) is 4.79 Å². The molecule has 0 spiro atoms. The quantitative estimate of drug-likeness (QED) is 0.698. The standard InChI is InChI=1S/C19H20N2OS/c1-3-12-21(13-15-10-8-14(2)9-11-15)19-20-18(22)16-6-4-5-7-17(16)23-19/h4-11H,3,12-13H2,1-2H3. The Morgan fingerprint density at radius 2 is 1.83 bits per heavy atom. The third kappa shape index (κ3) is 3.59. The maximum Gasteiger partial charge on any atom is 0.281 e. The van der Waals surface area contributed by atoms with Crippen molar-refractivity contribution >= 4 is 26.6 Å². The van der Waals surface area contributed by atoms with E-state index in [1.807, 2.05) is 24.3 Å². The van der Waals surface area contributed by atoms with Gasteiger partial charge in [0.05, 0.1) is 5.39 Å². The molecule has 118 valence electrons. The SMILES string of the molecule is CCCN(Cc1ccc(C)cc1)c1nc(=O)c2ccccc2s1. The summed E-state index contributed by atoms with van der Waals surface area (Å²) >= 11 is 1.59. The van der Waals surface area contributed by atoms with Crippen molar-refractivity contribution in [2.75, 3.05) is 11.4 Å². The minimum Gasteiger partial charge on any atom is -0.344 e. The zero-order valence-electron chi connectivity index (χ0n) is 13.5. The van der Waals surface area contributed by atoms with E-state index in [0.717, 1.165) is 29.3 Å². The van der Waals surface area contributed by atoms with Crippen LogP contribution in [0, 0.1) is 6.92 Å². The van der Waals surface area contributed by atoms with E-state index >= 15 is 0 Å². The van der Waals surface area contributed by atoms with Crippen molar-refractivity contribution in [3.63, 3.8) is 0 Å². The molecule has 0 N–H and O–H groups in total. The molecule has 0 bridgehead atoms. The highest BCUT2D eigenvalue weighted by atomic mass is 32.1. The summed E-state index contributed by atoms with van der Waals surface area (Å²) in [5.41, 5.74) is 2.35. The van der Waals surface area contributed by atoms with E-state index in [9.17, 15) is 4.79 Å². The first-order valence-corrected chi connectivity index (χ1v) is 8.69. The van der Waals surface area contributed by atoms with Crippen LogP contribution < -0.4 is 10.5 Å². The predicted molar refractivity (Wildman–Crippen MR) is 98.4 cm³/mol. The first-order valence-electron chi connectivity index (χ1n) is 7.88. The van der Waals surface area contributed by atoms with Crippen LogP contribution in [0.4, 0.5) is 5.13 Å². The van der Waals surface area contributed by atoms with Crippen LogP contribution in [0.5, 0.6) is 0 Å². The van der Waals surface area contributed by atoms with Gasteiger partial charge in [-0.1, -0.05) is 60.2 Å². The van der Waals surface area contributed by atoms with Gasteiger partial charge in [0.15, 0.2) is 5.13 Å². The Labute approximate surface area is 140 Å². The lowest BCUT2D eigenvalue weighted by Crippen LogP contribution is -2.25. The molecule has 0 radical (unpaired) electrons. The Bertz CT molecular complexity index is 855. The van der Waals surface area contributed by atoms with Crippen molar-refractivity contribution in [3.05, 3.63) is 70.0 Å². The average molecular weight is 324 g/mol. The maximum atomic E-state index is 12.3. The molecule has 0 saturated heterocycles. The summed E-state index contributed by atoms with van der Waals surface area (Å²) in [6.45, 7) is 5.89. The van der Waals surface area contributed by atoms with E-state index in [0.29, 0.717) is 5.39 Å². The summed E-state index contributed by atoms with van der Waals surface area (Å²) in [4.78, 5) is 18.8. The molecule has 0 aliphatic heterocycles. The van der Waals surface area contributed by atoms with E-state index in [1.54, 1.807) is 11.3 Å². The third-order valence-corrected chi connectivity index (χ3v) is 4.88. The summed E-state index contributed by atoms with van der Waals surface area (Å²) in [6, 6.07) is 16.2. The molecule has 1 heterocycles. The second kappa shape index (κ2) is 6.92. The van der Waals surface area contributed by atoms with Crippen molar-refractivity contribution in [1.82, 2.24) is 4.98 Å². The van der Waals surface area contributed by atoms with Crippen LogP contribution in [-0.2, 0) is 6.54 Å². The number of fused-ring (bicyclic) bond motifs is 1. The van der Waals surface area contributed by atoms with Crippen molar-refractivity contribution in [2.45, 2.75) is 26.8 Å². The van der Waals surface area contributed by atoms with Gasteiger partial charge in [0.2, 0.25) is 0 Å². The Morgan fingerprint density at radius 1 is 1.09 bits per heavy atom. The number of rotatable bonds is 5. The summed E-state index contributed by atoms with van der Waals surface area (Å²) in [7, 11) is 0. The Kier molecular flexibility index (Phi) is 4.72. The molecule has 0 aliphatic rings. The second-order valence-electron chi connectivity index (χ2n) is 5.70. The maximum absolute atomic E-state index is 12.3.